The van der Waals surface area contributed by atoms with E-state index in [0.717, 1.165) is 39.3 Å². The molecule has 3 aromatic carbocycles. The van der Waals surface area contributed by atoms with E-state index in [2.05, 4.69) is 6.08 Å². The maximum Gasteiger partial charge on any atom is 0.336 e. The second-order valence-electron chi connectivity index (χ2n) is 10.9. The SMILES string of the molecule is CC1=CC(C)(C)N(C(=O)/C=C/c2ccc(N(C)C)cc2)c2ccc(OC(=O)/C=C/c3ccc(N(C)C)cc3)cc21. The molecule has 1 amide bonds. The van der Waals surface area contributed by atoms with E-state index in [-0.39, 0.29) is 5.91 Å². The van der Waals surface area contributed by atoms with Gasteiger partial charge in [0, 0.05) is 57.3 Å². The highest BCUT2D eigenvalue weighted by Crippen LogP contribution is 2.41. The van der Waals surface area contributed by atoms with E-state index in [9.17, 15) is 9.59 Å². The molecule has 0 fully saturated rings. The summed E-state index contributed by atoms with van der Waals surface area (Å²) in [5.74, 6) is -0.169. The van der Waals surface area contributed by atoms with Gasteiger partial charge in [-0.1, -0.05) is 30.3 Å². The van der Waals surface area contributed by atoms with Gasteiger partial charge >= 0.3 is 5.97 Å². The van der Waals surface area contributed by atoms with E-state index in [1.807, 2.05) is 126 Å². The summed E-state index contributed by atoms with van der Waals surface area (Å²) in [6, 6.07) is 21.3. The molecule has 6 heteroatoms. The van der Waals surface area contributed by atoms with Gasteiger partial charge in [0.2, 0.25) is 0 Å². The van der Waals surface area contributed by atoms with Crippen LogP contribution in [0.4, 0.5) is 17.1 Å². The summed E-state index contributed by atoms with van der Waals surface area (Å²) in [7, 11) is 7.95. The number of carbonyl (C=O) groups excluding carboxylic acids is 2. The van der Waals surface area contributed by atoms with Crippen LogP contribution in [-0.4, -0.2) is 45.6 Å². The fraction of sp³-hybridized carbons (Fsp3) is 0.235. The summed E-state index contributed by atoms with van der Waals surface area (Å²) in [4.78, 5) is 31.9. The molecular formula is C34H37N3O3. The number of allylic oxidation sites excluding steroid dienone is 1. The Morgan fingerprint density at radius 2 is 1.30 bits per heavy atom. The van der Waals surface area contributed by atoms with Gasteiger partial charge in [0.25, 0.3) is 5.91 Å². The molecule has 1 aliphatic rings. The van der Waals surface area contributed by atoms with E-state index in [1.165, 1.54) is 6.08 Å². The van der Waals surface area contributed by atoms with Gasteiger partial charge in [-0.3, -0.25) is 9.69 Å². The lowest BCUT2D eigenvalue weighted by molar-refractivity contribution is -0.128. The minimum absolute atomic E-state index is 0.125. The minimum atomic E-state index is -0.531. The first kappa shape index (κ1) is 28.4. The molecule has 1 heterocycles. The van der Waals surface area contributed by atoms with Crippen LogP contribution in [0.5, 0.6) is 5.75 Å². The second-order valence-corrected chi connectivity index (χ2v) is 10.9. The van der Waals surface area contributed by atoms with Crippen LogP contribution in [0.3, 0.4) is 0 Å². The first-order valence-corrected chi connectivity index (χ1v) is 13.3. The van der Waals surface area contributed by atoms with Crippen molar-refractivity contribution < 1.29 is 14.3 Å². The van der Waals surface area contributed by atoms with Gasteiger partial charge in [-0.15, -0.1) is 0 Å². The molecule has 0 bridgehead atoms. The molecule has 6 nitrogen and oxygen atoms in total. The predicted molar refractivity (Wildman–Crippen MR) is 167 cm³/mol. The Kier molecular flexibility index (Phi) is 8.29. The molecule has 40 heavy (non-hydrogen) atoms. The van der Waals surface area contributed by atoms with Crippen LogP contribution in [0.2, 0.25) is 0 Å². The summed E-state index contributed by atoms with van der Waals surface area (Å²) in [5.41, 5.74) is 6.15. The van der Waals surface area contributed by atoms with Crippen molar-refractivity contribution in [3.8, 4) is 5.75 Å². The molecule has 1 aliphatic heterocycles. The topological polar surface area (TPSA) is 53.1 Å². The first-order valence-electron chi connectivity index (χ1n) is 13.3. The normalized spacial score (nSPS) is 14.2. The van der Waals surface area contributed by atoms with Crippen LogP contribution in [-0.2, 0) is 9.59 Å². The monoisotopic (exact) mass is 535 g/mol. The number of hydrogen-bond acceptors (Lipinski definition) is 5. The number of rotatable bonds is 7. The third kappa shape index (κ3) is 6.52. The molecule has 0 saturated heterocycles. The number of benzene rings is 3. The smallest absolute Gasteiger partial charge is 0.336 e. The van der Waals surface area contributed by atoms with Crippen LogP contribution in [0.1, 0.15) is 37.5 Å². The van der Waals surface area contributed by atoms with Gasteiger partial charge in [0.15, 0.2) is 0 Å². The first-order chi connectivity index (χ1) is 18.9. The summed E-state index contributed by atoms with van der Waals surface area (Å²) in [6.07, 6.45) is 8.65. The summed E-state index contributed by atoms with van der Waals surface area (Å²) in [5, 5.41) is 0. The highest BCUT2D eigenvalue weighted by Gasteiger charge is 2.35. The molecule has 0 spiro atoms. The van der Waals surface area contributed by atoms with E-state index in [0.29, 0.717) is 5.75 Å². The quantitative estimate of drug-likeness (QED) is 0.192. The fourth-order valence-electron chi connectivity index (χ4n) is 4.80. The van der Waals surface area contributed by atoms with Crippen molar-refractivity contribution in [2.75, 3.05) is 42.9 Å². The molecule has 0 saturated carbocycles. The summed E-state index contributed by atoms with van der Waals surface area (Å²) >= 11 is 0. The van der Waals surface area contributed by atoms with Crippen molar-refractivity contribution in [2.24, 2.45) is 0 Å². The summed E-state index contributed by atoms with van der Waals surface area (Å²) < 4.78 is 5.61. The Balaban J connectivity index is 1.51. The molecule has 0 atom stereocenters. The van der Waals surface area contributed by atoms with Crippen LogP contribution < -0.4 is 19.4 Å². The highest BCUT2D eigenvalue weighted by atomic mass is 16.5. The average Bonchev–Trinajstić information content (AvgIpc) is 2.91. The van der Waals surface area contributed by atoms with Crippen molar-refractivity contribution in [3.05, 3.63) is 102 Å². The third-order valence-corrected chi connectivity index (χ3v) is 6.87. The van der Waals surface area contributed by atoms with Crippen molar-refractivity contribution >= 4 is 46.7 Å². The molecule has 0 N–H and O–H groups in total. The number of hydrogen-bond donors (Lipinski definition) is 0. The zero-order chi connectivity index (χ0) is 29.0. The average molecular weight is 536 g/mol. The number of carbonyl (C=O) groups is 2. The van der Waals surface area contributed by atoms with Crippen LogP contribution >= 0.6 is 0 Å². The zero-order valence-corrected chi connectivity index (χ0v) is 24.3. The lowest BCUT2D eigenvalue weighted by Gasteiger charge is -2.41. The van der Waals surface area contributed by atoms with Crippen LogP contribution in [0.25, 0.3) is 17.7 Å². The lowest BCUT2D eigenvalue weighted by Crippen LogP contribution is -2.48. The molecule has 0 aromatic heterocycles. The van der Waals surface area contributed by atoms with Gasteiger partial charge in [0.1, 0.15) is 5.75 Å². The van der Waals surface area contributed by atoms with Crippen LogP contribution in [0, 0.1) is 0 Å². The number of anilines is 3. The molecule has 206 valence electrons. The minimum Gasteiger partial charge on any atom is -0.423 e. The lowest BCUT2D eigenvalue weighted by atomic mass is 9.88. The van der Waals surface area contributed by atoms with Gasteiger partial charge in [-0.25, -0.2) is 4.79 Å². The van der Waals surface area contributed by atoms with Crippen molar-refractivity contribution in [1.29, 1.82) is 0 Å². The number of ether oxygens (including phenoxy) is 1. The number of amides is 1. The van der Waals surface area contributed by atoms with E-state index in [4.69, 9.17) is 4.74 Å². The summed E-state index contributed by atoms with van der Waals surface area (Å²) in [6.45, 7) is 6.04. The van der Waals surface area contributed by atoms with Crippen LogP contribution in [0.15, 0.2) is 85.0 Å². The third-order valence-electron chi connectivity index (χ3n) is 6.87. The van der Waals surface area contributed by atoms with Gasteiger partial charge < -0.3 is 14.5 Å². The van der Waals surface area contributed by atoms with E-state index in [1.54, 1.807) is 23.1 Å². The Labute approximate surface area is 237 Å². The number of fused-ring (bicyclic) bond motifs is 1. The van der Waals surface area contributed by atoms with Gasteiger partial charge in [-0.2, -0.15) is 0 Å². The number of esters is 1. The number of nitrogens with zero attached hydrogens (tertiary/aromatic N) is 3. The van der Waals surface area contributed by atoms with Gasteiger partial charge in [0.05, 0.1) is 11.2 Å². The maximum absolute atomic E-state index is 13.5. The Bertz CT molecular complexity index is 1480. The van der Waals surface area contributed by atoms with Crippen molar-refractivity contribution in [2.45, 2.75) is 26.3 Å². The molecule has 0 radical (unpaired) electrons. The molecule has 0 unspecified atom stereocenters. The van der Waals surface area contributed by atoms with E-state index >= 15 is 0 Å². The molecule has 4 rings (SSSR count). The fourth-order valence-corrected chi connectivity index (χ4v) is 4.80. The largest absolute Gasteiger partial charge is 0.423 e. The second kappa shape index (κ2) is 11.7. The highest BCUT2D eigenvalue weighted by molar-refractivity contribution is 6.08. The van der Waals surface area contributed by atoms with Gasteiger partial charge in [-0.05, 0) is 92.1 Å². The molecule has 3 aromatic rings. The standard InChI is InChI=1S/C34H37N3O3/c1-24-23-34(2,3)37(32(38)20-12-25-8-14-27(15-9-25)35(4)5)31-19-18-29(22-30(24)31)40-33(39)21-13-26-10-16-28(17-11-26)36(6)7/h8-23H,1-7H3/b20-12+,21-13+. The zero-order valence-electron chi connectivity index (χ0n) is 24.3. The van der Waals surface area contributed by atoms with Crippen molar-refractivity contribution in [3.63, 3.8) is 0 Å². The predicted octanol–water partition coefficient (Wildman–Crippen LogP) is 6.68. The van der Waals surface area contributed by atoms with Crippen molar-refractivity contribution in [1.82, 2.24) is 0 Å². The molecular weight excluding hydrogens is 498 g/mol. The Morgan fingerprint density at radius 1 is 0.775 bits per heavy atom. The van der Waals surface area contributed by atoms with E-state index < -0.39 is 11.5 Å². The Morgan fingerprint density at radius 3 is 1.82 bits per heavy atom. The molecule has 0 aliphatic carbocycles. The Hall–Kier alpha value is -4.58. The maximum atomic E-state index is 13.5.